The van der Waals surface area contributed by atoms with E-state index >= 15 is 0 Å². The van der Waals surface area contributed by atoms with Crippen LogP contribution in [0.1, 0.15) is 42.5 Å². The third-order valence-electron chi connectivity index (χ3n) is 6.90. The van der Waals surface area contributed by atoms with E-state index in [-0.39, 0.29) is 17.7 Å². The zero-order valence-corrected chi connectivity index (χ0v) is 22.2. The Hall–Kier alpha value is -3.83. The van der Waals surface area contributed by atoms with E-state index in [1.807, 2.05) is 52.3 Å². The van der Waals surface area contributed by atoms with E-state index in [1.165, 1.54) is 0 Å². The SMILES string of the molecule is Cc1nnsc1C(=O)Nc1cc(C(=O)N2CCNCC2)ccc1N1CCCN(C(=O)c2ccccc2)CC1. The second-order valence-corrected chi connectivity index (χ2v) is 10.2. The minimum absolute atomic E-state index is 0.0195. The second-order valence-electron chi connectivity index (χ2n) is 9.41. The number of piperazine rings is 1. The van der Waals surface area contributed by atoms with E-state index < -0.39 is 0 Å². The number of carbonyl (C=O) groups excluding carboxylic acids is 3. The smallest absolute Gasteiger partial charge is 0.269 e. The Balaban J connectivity index is 1.39. The number of hydrogen-bond acceptors (Lipinski definition) is 8. The summed E-state index contributed by atoms with van der Waals surface area (Å²) < 4.78 is 3.88. The summed E-state index contributed by atoms with van der Waals surface area (Å²) in [6.07, 6.45) is 0.783. The highest BCUT2D eigenvalue weighted by Crippen LogP contribution is 2.30. The summed E-state index contributed by atoms with van der Waals surface area (Å²) in [7, 11) is 0. The number of nitrogens with zero attached hydrogens (tertiary/aromatic N) is 5. The highest BCUT2D eigenvalue weighted by molar-refractivity contribution is 7.08. The van der Waals surface area contributed by atoms with E-state index in [4.69, 9.17) is 0 Å². The molecule has 0 aliphatic carbocycles. The number of aryl methyl sites for hydroxylation is 1. The van der Waals surface area contributed by atoms with Gasteiger partial charge in [-0.25, -0.2) is 0 Å². The van der Waals surface area contributed by atoms with Gasteiger partial charge in [-0.2, -0.15) is 0 Å². The lowest BCUT2D eigenvalue weighted by Crippen LogP contribution is -2.46. The standard InChI is InChI=1S/C27H31N7O3S/c1-19-24(38-31-30-19)25(35)29-22-18-21(27(37)34-14-10-28-11-15-34)8-9-23(22)32-12-5-13-33(17-16-32)26(36)20-6-3-2-4-7-20/h2-4,6-9,18,28H,5,10-17H2,1H3,(H,29,35). The molecule has 11 heteroatoms. The zero-order valence-electron chi connectivity index (χ0n) is 21.4. The van der Waals surface area contributed by atoms with Crippen molar-refractivity contribution < 1.29 is 14.4 Å². The molecule has 198 valence electrons. The van der Waals surface area contributed by atoms with E-state index in [0.29, 0.717) is 66.7 Å². The van der Waals surface area contributed by atoms with Crippen LogP contribution < -0.4 is 15.5 Å². The van der Waals surface area contributed by atoms with Crippen LogP contribution in [0, 0.1) is 6.92 Å². The maximum Gasteiger partial charge on any atom is 0.269 e. The van der Waals surface area contributed by atoms with Crippen LogP contribution in [-0.2, 0) is 0 Å². The van der Waals surface area contributed by atoms with Gasteiger partial charge in [-0.1, -0.05) is 22.7 Å². The molecule has 1 aromatic heterocycles. The maximum atomic E-state index is 13.2. The molecule has 3 aromatic rings. The third kappa shape index (κ3) is 5.68. The van der Waals surface area contributed by atoms with Crippen molar-refractivity contribution in [3.8, 4) is 0 Å². The van der Waals surface area contributed by atoms with E-state index in [0.717, 1.165) is 36.7 Å². The Bertz CT molecular complexity index is 1310. The molecule has 0 spiro atoms. The summed E-state index contributed by atoms with van der Waals surface area (Å²) in [5.74, 6) is -0.341. The topological polar surface area (TPSA) is 111 Å². The molecule has 3 heterocycles. The van der Waals surface area contributed by atoms with Gasteiger partial charge in [0.1, 0.15) is 4.88 Å². The average Bonchev–Trinajstić information content (AvgIpc) is 3.24. The maximum absolute atomic E-state index is 13.2. The fourth-order valence-corrected chi connectivity index (χ4v) is 5.39. The predicted octanol–water partition coefficient (Wildman–Crippen LogP) is 2.50. The number of aromatic nitrogens is 2. The molecule has 38 heavy (non-hydrogen) atoms. The highest BCUT2D eigenvalue weighted by Gasteiger charge is 2.25. The van der Waals surface area contributed by atoms with Gasteiger partial charge >= 0.3 is 0 Å². The highest BCUT2D eigenvalue weighted by atomic mass is 32.1. The fourth-order valence-electron chi connectivity index (χ4n) is 4.84. The van der Waals surface area contributed by atoms with Gasteiger partial charge in [0, 0.05) is 63.5 Å². The molecule has 2 aromatic carbocycles. The Kier molecular flexibility index (Phi) is 7.94. The lowest BCUT2D eigenvalue weighted by atomic mass is 10.1. The molecule has 10 nitrogen and oxygen atoms in total. The molecule has 2 fully saturated rings. The monoisotopic (exact) mass is 533 g/mol. The van der Waals surface area contributed by atoms with Crippen molar-refractivity contribution in [1.29, 1.82) is 0 Å². The molecular weight excluding hydrogens is 502 g/mol. The number of amides is 3. The number of rotatable bonds is 5. The van der Waals surface area contributed by atoms with Crippen molar-refractivity contribution in [3.05, 3.63) is 70.2 Å². The second kappa shape index (κ2) is 11.7. The molecule has 0 saturated carbocycles. The van der Waals surface area contributed by atoms with Crippen LogP contribution in [0.3, 0.4) is 0 Å². The Morgan fingerprint density at radius 2 is 1.61 bits per heavy atom. The van der Waals surface area contributed by atoms with E-state index in [9.17, 15) is 14.4 Å². The minimum Gasteiger partial charge on any atom is -0.368 e. The first-order valence-electron chi connectivity index (χ1n) is 12.8. The van der Waals surface area contributed by atoms with Gasteiger partial charge in [0.05, 0.1) is 17.1 Å². The van der Waals surface area contributed by atoms with Crippen LogP contribution in [0.2, 0.25) is 0 Å². The Morgan fingerprint density at radius 1 is 0.868 bits per heavy atom. The molecule has 2 N–H and O–H groups in total. The summed E-state index contributed by atoms with van der Waals surface area (Å²) >= 11 is 1.04. The fraction of sp³-hybridized carbons (Fsp3) is 0.370. The number of carbonyl (C=O) groups is 3. The number of benzene rings is 2. The van der Waals surface area contributed by atoms with Gasteiger partial charge in [-0.15, -0.1) is 5.10 Å². The molecule has 2 aliphatic heterocycles. The summed E-state index contributed by atoms with van der Waals surface area (Å²) in [5, 5.41) is 10.2. The van der Waals surface area contributed by atoms with E-state index in [2.05, 4.69) is 25.1 Å². The van der Waals surface area contributed by atoms with Gasteiger partial charge in [0.25, 0.3) is 17.7 Å². The first-order chi connectivity index (χ1) is 18.5. The van der Waals surface area contributed by atoms with Crippen molar-refractivity contribution in [1.82, 2.24) is 24.7 Å². The van der Waals surface area contributed by atoms with Crippen LogP contribution in [0.25, 0.3) is 0 Å². The normalized spacial score (nSPS) is 16.2. The van der Waals surface area contributed by atoms with Crippen molar-refractivity contribution in [2.45, 2.75) is 13.3 Å². The lowest BCUT2D eigenvalue weighted by Gasteiger charge is -2.29. The van der Waals surface area contributed by atoms with Crippen molar-refractivity contribution in [2.24, 2.45) is 0 Å². The zero-order chi connectivity index (χ0) is 26.5. The number of anilines is 2. The molecule has 3 amide bonds. The van der Waals surface area contributed by atoms with Gasteiger partial charge in [-0.3, -0.25) is 14.4 Å². The molecular formula is C27H31N7O3S. The van der Waals surface area contributed by atoms with Crippen molar-refractivity contribution in [2.75, 3.05) is 62.6 Å². The Morgan fingerprint density at radius 3 is 2.34 bits per heavy atom. The molecule has 0 unspecified atom stereocenters. The largest absolute Gasteiger partial charge is 0.368 e. The molecule has 0 bridgehead atoms. The average molecular weight is 534 g/mol. The van der Waals surface area contributed by atoms with Crippen LogP contribution in [-0.4, -0.2) is 89.5 Å². The predicted molar refractivity (Wildman–Crippen MR) is 147 cm³/mol. The summed E-state index contributed by atoms with van der Waals surface area (Å²) in [6, 6.07) is 14.8. The number of hydrogen-bond donors (Lipinski definition) is 2. The molecule has 0 radical (unpaired) electrons. The van der Waals surface area contributed by atoms with Gasteiger partial charge in [-0.05, 0) is 55.2 Å². The van der Waals surface area contributed by atoms with Gasteiger partial charge in [0.2, 0.25) is 0 Å². The van der Waals surface area contributed by atoms with Gasteiger partial charge in [0.15, 0.2) is 0 Å². The van der Waals surface area contributed by atoms with Gasteiger partial charge < -0.3 is 25.3 Å². The van der Waals surface area contributed by atoms with Crippen LogP contribution >= 0.6 is 11.5 Å². The summed E-state index contributed by atoms with van der Waals surface area (Å²) in [6.45, 7) is 7.08. The molecule has 2 aliphatic rings. The van der Waals surface area contributed by atoms with Crippen LogP contribution in [0.15, 0.2) is 48.5 Å². The molecule has 5 rings (SSSR count). The first-order valence-corrected chi connectivity index (χ1v) is 13.6. The minimum atomic E-state index is -0.304. The van der Waals surface area contributed by atoms with Crippen molar-refractivity contribution in [3.63, 3.8) is 0 Å². The molecule has 2 saturated heterocycles. The number of nitrogens with one attached hydrogen (secondary N) is 2. The Labute approximate surface area is 225 Å². The third-order valence-corrected chi connectivity index (χ3v) is 7.72. The summed E-state index contributed by atoms with van der Waals surface area (Å²) in [4.78, 5) is 45.7. The summed E-state index contributed by atoms with van der Waals surface area (Å²) in [5.41, 5.74) is 3.15. The lowest BCUT2D eigenvalue weighted by molar-refractivity contribution is 0.0734. The molecule has 0 atom stereocenters. The van der Waals surface area contributed by atoms with Crippen molar-refractivity contribution >= 4 is 40.6 Å². The quantitative estimate of drug-likeness (QED) is 0.519. The van der Waals surface area contributed by atoms with Crippen LogP contribution in [0.5, 0.6) is 0 Å². The first kappa shape index (κ1) is 25.8. The van der Waals surface area contributed by atoms with Crippen LogP contribution in [0.4, 0.5) is 11.4 Å². The van der Waals surface area contributed by atoms with E-state index in [1.54, 1.807) is 13.0 Å².